The van der Waals surface area contributed by atoms with Crippen LogP contribution < -0.4 is 0 Å². The predicted octanol–water partition coefficient (Wildman–Crippen LogP) is 2.87. The Morgan fingerprint density at radius 1 is 1.06 bits per heavy atom. The standard InChI is InChI=1S/C23H32N4O3S2/c1-16-12-17(2)22(18(3)13-16)32(29,30)27-7-5-6-21(27)23(28)26-10-8-25(9-11-26)14-20-15-31-19(4)24-20/h12-13,15,21H,5-11,14H2,1-4H3. The Bertz CT molecular complexity index is 1080. The molecule has 174 valence electrons. The van der Waals surface area contributed by atoms with Crippen molar-refractivity contribution < 1.29 is 13.2 Å². The Morgan fingerprint density at radius 3 is 2.31 bits per heavy atom. The number of sulfonamides is 1. The molecule has 0 N–H and O–H groups in total. The number of carbonyl (C=O) groups is 1. The Morgan fingerprint density at radius 2 is 1.72 bits per heavy atom. The van der Waals surface area contributed by atoms with E-state index in [1.165, 1.54) is 4.31 Å². The fourth-order valence-corrected chi connectivity index (χ4v) is 7.68. The molecule has 4 rings (SSSR count). The molecule has 2 saturated heterocycles. The molecule has 2 fully saturated rings. The fraction of sp³-hybridized carbons (Fsp3) is 0.565. The van der Waals surface area contributed by atoms with Gasteiger partial charge in [-0.1, -0.05) is 17.7 Å². The SMILES string of the molecule is Cc1cc(C)c(S(=O)(=O)N2CCCC2C(=O)N2CCN(Cc3csc(C)n3)CC2)c(C)c1. The number of piperazine rings is 1. The molecule has 1 unspecified atom stereocenters. The van der Waals surface area contributed by atoms with Gasteiger partial charge < -0.3 is 4.90 Å². The monoisotopic (exact) mass is 476 g/mol. The van der Waals surface area contributed by atoms with E-state index in [9.17, 15) is 13.2 Å². The molecule has 0 spiro atoms. The predicted molar refractivity (Wildman–Crippen MR) is 126 cm³/mol. The van der Waals surface area contributed by atoms with Crippen molar-refractivity contribution in [1.82, 2.24) is 19.1 Å². The summed E-state index contributed by atoms with van der Waals surface area (Å²) in [7, 11) is -3.73. The number of carbonyl (C=O) groups excluding carboxylic acids is 1. The maximum atomic E-state index is 13.6. The summed E-state index contributed by atoms with van der Waals surface area (Å²) in [6.07, 6.45) is 1.29. The second kappa shape index (κ2) is 9.21. The van der Waals surface area contributed by atoms with Gasteiger partial charge in [-0.3, -0.25) is 9.69 Å². The molecular formula is C23H32N4O3S2. The van der Waals surface area contributed by atoms with Crippen LogP contribution in [0.3, 0.4) is 0 Å². The van der Waals surface area contributed by atoms with Crippen LogP contribution in [-0.2, 0) is 21.4 Å². The van der Waals surface area contributed by atoms with Crippen LogP contribution >= 0.6 is 11.3 Å². The highest BCUT2D eigenvalue weighted by atomic mass is 32.2. The molecule has 7 nitrogen and oxygen atoms in total. The summed E-state index contributed by atoms with van der Waals surface area (Å²) in [6, 6.07) is 3.19. The Hall–Kier alpha value is -1.81. The number of amides is 1. The summed E-state index contributed by atoms with van der Waals surface area (Å²) >= 11 is 1.65. The van der Waals surface area contributed by atoms with E-state index in [4.69, 9.17) is 0 Å². The number of aromatic nitrogens is 1. The minimum atomic E-state index is -3.73. The van der Waals surface area contributed by atoms with Crippen molar-refractivity contribution in [1.29, 1.82) is 0 Å². The van der Waals surface area contributed by atoms with Crippen molar-refractivity contribution in [3.8, 4) is 0 Å². The Balaban J connectivity index is 1.45. The van der Waals surface area contributed by atoms with Crippen LogP contribution in [0.25, 0.3) is 0 Å². The molecule has 3 heterocycles. The van der Waals surface area contributed by atoms with Gasteiger partial charge in [0.2, 0.25) is 15.9 Å². The lowest BCUT2D eigenvalue weighted by atomic mass is 10.1. The smallest absolute Gasteiger partial charge is 0.244 e. The highest BCUT2D eigenvalue weighted by Gasteiger charge is 2.42. The summed E-state index contributed by atoms with van der Waals surface area (Å²) < 4.78 is 28.6. The highest BCUT2D eigenvalue weighted by molar-refractivity contribution is 7.89. The first-order chi connectivity index (χ1) is 15.2. The normalized spacial score (nSPS) is 20.8. The van der Waals surface area contributed by atoms with Gasteiger partial charge in [-0.2, -0.15) is 4.31 Å². The van der Waals surface area contributed by atoms with Crippen LogP contribution in [0.15, 0.2) is 22.4 Å². The number of benzene rings is 1. The zero-order chi connectivity index (χ0) is 23.0. The quantitative estimate of drug-likeness (QED) is 0.664. The van der Waals surface area contributed by atoms with Crippen molar-refractivity contribution in [3.05, 3.63) is 44.9 Å². The lowest BCUT2D eigenvalue weighted by Crippen LogP contribution is -2.54. The first kappa shape index (κ1) is 23.4. The van der Waals surface area contributed by atoms with Crippen LogP contribution in [0, 0.1) is 27.7 Å². The molecule has 2 aliphatic heterocycles. The molecule has 0 saturated carbocycles. The van der Waals surface area contributed by atoms with Gasteiger partial charge in [0.05, 0.1) is 15.6 Å². The molecule has 1 amide bonds. The highest BCUT2D eigenvalue weighted by Crippen LogP contribution is 2.31. The lowest BCUT2D eigenvalue weighted by Gasteiger charge is -2.37. The van der Waals surface area contributed by atoms with E-state index in [1.54, 1.807) is 11.3 Å². The third kappa shape index (κ3) is 4.62. The number of thiazole rings is 1. The topological polar surface area (TPSA) is 73.8 Å². The van der Waals surface area contributed by atoms with Crippen molar-refractivity contribution in [3.63, 3.8) is 0 Å². The molecule has 0 aliphatic carbocycles. The van der Waals surface area contributed by atoms with Crippen LogP contribution in [0.1, 0.15) is 40.2 Å². The Kier molecular flexibility index (Phi) is 6.72. The number of rotatable bonds is 5. The first-order valence-electron chi connectivity index (χ1n) is 11.2. The zero-order valence-corrected chi connectivity index (χ0v) is 20.9. The first-order valence-corrected chi connectivity index (χ1v) is 13.5. The molecule has 0 bridgehead atoms. The minimum Gasteiger partial charge on any atom is -0.339 e. The molecule has 1 atom stereocenters. The van der Waals surface area contributed by atoms with Crippen LogP contribution in [0.5, 0.6) is 0 Å². The molecule has 2 aromatic rings. The number of hydrogen-bond donors (Lipinski definition) is 0. The third-order valence-electron chi connectivity index (χ3n) is 6.40. The van der Waals surface area contributed by atoms with Gasteiger partial charge in [0.25, 0.3) is 0 Å². The van der Waals surface area contributed by atoms with E-state index in [1.807, 2.05) is 44.7 Å². The van der Waals surface area contributed by atoms with Crippen molar-refractivity contribution >= 4 is 27.3 Å². The van der Waals surface area contributed by atoms with Crippen molar-refractivity contribution in [2.75, 3.05) is 32.7 Å². The van der Waals surface area contributed by atoms with Gasteiger partial charge in [-0.15, -0.1) is 11.3 Å². The average molecular weight is 477 g/mol. The number of nitrogens with zero attached hydrogens (tertiary/aromatic N) is 4. The van der Waals surface area contributed by atoms with Gasteiger partial charge in [0.1, 0.15) is 6.04 Å². The summed E-state index contributed by atoms with van der Waals surface area (Å²) in [5.41, 5.74) is 3.60. The summed E-state index contributed by atoms with van der Waals surface area (Å²) in [6.45, 7) is 11.6. The minimum absolute atomic E-state index is 0.0577. The van der Waals surface area contributed by atoms with Gasteiger partial charge in [0, 0.05) is 44.6 Å². The second-order valence-electron chi connectivity index (χ2n) is 8.96. The Labute approximate surface area is 195 Å². The van der Waals surface area contributed by atoms with E-state index in [0.29, 0.717) is 37.4 Å². The van der Waals surface area contributed by atoms with Gasteiger partial charge in [-0.05, 0) is 51.7 Å². The van der Waals surface area contributed by atoms with E-state index in [2.05, 4.69) is 15.3 Å². The van der Waals surface area contributed by atoms with E-state index in [-0.39, 0.29) is 5.91 Å². The summed E-state index contributed by atoms with van der Waals surface area (Å²) in [5.74, 6) is -0.0577. The maximum absolute atomic E-state index is 13.6. The van der Waals surface area contributed by atoms with E-state index < -0.39 is 16.1 Å². The molecule has 32 heavy (non-hydrogen) atoms. The lowest BCUT2D eigenvalue weighted by molar-refractivity contribution is -0.136. The second-order valence-corrected chi connectivity index (χ2v) is 11.9. The summed E-state index contributed by atoms with van der Waals surface area (Å²) in [4.78, 5) is 22.4. The van der Waals surface area contributed by atoms with Crippen LogP contribution in [0.4, 0.5) is 0 Å². The molecule has 2 aliphatic rings. The third-order valence-corrected chi connectivity index (χ3v) is 9.43. The molecule has 1 aromatic heterocycles. The zero-order valence-electron chi connectivity index (χ0n) is 19.3. The molecule has 0 radical (unpaired) electrons. The van der Waals surface area contributed by atoms with Gasteiger partial charge >= 0.3 is 0 Å². The van der Waals surface area contributed by atoms with Crippen molar-refractivity contribution in [2.24, 2.45) is 0 Å². The van der Waals surface area contributed by atoms with Gasteiger partial charge in [-0.25, -0.2) is 13.4 Å². The number of hydrogen-bond acceptors (Lipinski definition) is 6. The number of aryl methyl sites for hydroxylation is 4. The van der Waals surface area contributed by atoms with Crippen LogP contribution in [0.2, 0.25) is 0 Å². The average Bonchev–Trinajstić information content (AvgIpc) is 3.36. The fourth-order valence-electron chi connectivity index (χ4n) is 5.01. The van der Waals surface area contributed by atoms with E-state index >= 15 is 0 Å². The van der Waals surface area contributed by atoms with Crippen molar-refractivity contribution in [2.45, 2.75) is 58.0 Å². The summed E-state index contributed by atoms with van der Waals surface area (Å²) in [5, 5.41) is 3.15. The molecular weight excluding hydrogens is 444 g/mol. The van der Waals surface area contributed by atoms with Crippen LogP contribution in [-0.4, -0.2) is 72.2 Å². The van der Waals surface area contributed by atoms with E-state index in [0.717, 1.165) is 47.0 Å². The maximum Gasteiger partial charge on any atom is 0.244 e. The molecule has 9 heteroatoms. The van der Waals surface area contributed by atoms with Gasteiger partial charge in [0.15, 0.2) is 0 Å². The molecule has 1 aromatic carbocycles. The largest absolute Gasteiger partial charge is 0.339 e.